The number of carbonyl (C=O) groups excluding carboxylic acids is 1. The number of carbonyl (C=O) groups is 1. The van der Waals surface area contributed by atoms with Crippen LogP contribution in [0.1, 0.15) is 38.1 Å². The molecule has 1 atom stereocenters. The molecule has 0 spiro atoms. The number of imidazole rings is 1. The molecule has 2 heterocycles. The molecule has 21 heavy (non-hydrogen) atoms. The molecule has 0 radical (unpaired) electrons. The van der Waals surface area contributed by atoms with Crippen molar-refractivity contribution >= 4 is 5.91 Å². The molecule has 0 fully saturated rings. The van der Waals surface area contributed by atoms with E-state index >= 15 is 0 Å². The molecular weight excluding hydrogens is 264 g/mol. The number of rotatable bonds is 6. The predicted octanol–water partition coefficient (Wildman–Crippen LogP) is 2.63. The van der Waals surface area contributed by atoms with Gasteiger partial charge in [0.05, 0.1) is 0 Å². The van der Waals surface area contributed by atoms with Crippen LogP contribution >= 0.6 is 0 Å². The number of nitrogens with zero attached hydrogens (tertiary/aromatic N) is 3. The maximum absolute atomic E-state index is 11.9. The van der Waals surface area contributed by atoms with Crippen LogP contribution in [-0.4, -0.2) is 20.4 Å². The van der Waals surface area contributed by atoms with E-state index in [-0.39, 0.29) is 11.8 Å². The lowest BCUT2D eigenvalue weighted by Crippen LogP contribution is -2.28. The third-order valence-corrected chi connectivity index (χ3v) is 3.52. The van der Waals surface area contributed by atoms with Crippen molar-refractivity contribution in [3.63, 3.8) is 0 Å². The maximum Gasteiger partial charge on any atom is 0.223 e. The summed E-state index contributed by atoms with van der Waals surface area (Å²) >= 11 is 0. The van der Waals surface area contributed by atoms with Crippen LogP contribution in [0.4, 0.5) is 0 Å². The van der Waals surface area contributed by atoms with Crippen LogP contribution in [0.5, 0.6) is 0 Å². The highest BCUT2D eigenvalue weighted by Gasteiger charge is 2.11. The zero-order valence-electron chi connectivity index (χ0n) is 12.8. The minimum atomic E-state index is 0.0622. The molecule has 1 amide bonds. The van der Waals surface area contributed by atoms with Crippen LogP contribution in [0.15, 0.2) is 30.7 Å². The molecule has 0 aromatic carbocycles. The summed E-state index contributed by atoms with van der Waals surface area (Å²) < 4.78 is 1.92. The van der Waals surface area contributed by atoms with Gasteiger partial charge in [0.2, 0.25) is 5.91 Å². The number of hydrogen-bond acceptors (Lipinski definition) is 3. The second kappa shape index (κ2) is 7.02. The van der Waals surface area contributed by atoms with Gasteiger partial charge >= 0.3 is 0 Å². The van der Waals surface area contributed by atoms with Crippen molar-refractivity contribution in [2.45, 2.75) is 40.2 Å². The third kappa shape index (κ3) is 3.90. The molecule has 0 aliphatic rings. The Kier molecular flexibility index (Phi) is 5.09. The largest absolute Gasteiger partial charge is 0.352 e. The molecule has 5 heteroatoms. The number of aryl methyl sites for hydroxylation is 1. The van der Waals surface area contributed by atoms with Crippen LogP contribution in [0.2, 0.25) is 0 Å². The Labute approximate surface area is 125 Å². The summed E-state index contributed by atoms with van der Waals surface area (Å²) in [6.45, 7) is 6.51. The molecule has 2 aromatic rings. The van der Waals surface area contributed by atoms with Gasteiger partial charge in [-0.1, -0.05) is 20.3 Å². The summed E-state index contributed by atoms with van der Waals surface area (Å²) in [5, 5.41) is 2.98. The van der Waals surface area contributed by atoms with Gasteiger partial charge in [0, 0.05) is 31.1 Å². The molecule has 1 unspecified atom stereocenters. The molecular formula is C16H22N4O. The number of amides is 1. The normalized spacial score (nSPS) is 12.1. The molecule has 0 aliphatic carbocycles. The summed E-state index contributed by atoms with van der Waals surface area (Å²) in [4.78, 5) is 20.5. The molecule has 2 rings (SSSR count). The van der Waals surface area contributed by atoms with Gasteiger partial charge in [-0.2, -0.15) is 0 Å². The highest BCUT2D eigenvalue weighted by molar-refractivity contribution is 5.78. The summed E-state index contributed by atoms with van der Waals surface area (Å²) in [5.74, 6) is 1.87. The van der Waals surface area contributed by atoms with Gasteiger partial charge < -0.3 is 5.32 Å². The average Bonchev–Trinajstić information content (AvgIpc) is 2.91. The van der Waals surface area contributed by atoms with E-state index in [0.717, 1.165) is 30.0 Å². The van der Waals surface area contributed by atoms with E-state index in [4.69, 9.17) is 0 Å². The van der Waals surface area contributed by atoms with Gasteiger partial charge in [-0.25, -0.2) is 9.97 Å². The summed E-state index contributed by atoms with van der Waals surface area (Å²) in [6.07, 6.45) is 7.32. The van der Waals surface area contributed by atoms with Gasteiger partial charge in [-0.05, 0) is 31.0 Å². The first-order valence-corrected chi connectivity index (χ1v) is 7.34. The van der Waals surface area contributed by atoms with E-state index < -0.39 is 0 Å². The van der Waals surface area contributed by atoms with E-state index in [2.05, 4.69) is 22.2 Å². The maximum atomic E-state index is 11.9. The standard InChI is InChI=1S/C16H22N4O/c1-4-5-12(2)16(21)19-11-14-6-7-18-15(10-14)20-9-8-17-13(20)3/h6-10,12H,4-5,11H2,1-3H3,(H,19,21). The summed E-state index contributed by atoms with van der Waals surface area (Å²) in [5.41, 5.74) is 1.03. The van der Waals surface area contributed by atoms with Gasteiger partial charge in [0.15, 0.2) is 0 Å². The summed E-state index contributed by atoms with van der Waals surface area (Å²) in [6, 6.07) is 3.89. The van der Waals surface area contributed by atoms with Crippen LogP contribution in [-0.2, 0) is 11.3 Å². The smallest absolute Gasteiger partial charge is 0.223 e. The molecule has 0 aliphatic heterocycles. The van der Waals surface area contributed by atoms with Crippen LogP contribution in [0.25, 0.3) is 5.82 Å². The number of nitrogens with one attached hydrogen (secondary N) is 1. The van der Waals surface area contributed by atoms with E-state index in [1.54, 1.807) is 12.4 Å². The minimum absolute atomic E-state index is 0.0622. The lowest BCUT2D eigenvalue weighted by molar-refractivity contribution is -0.124. The first kappa shape index (κ1) is 15.2. The fourth-order valence-electron chi connectivity index (χ4n) is 2.25. The Morgan fingerprint density at radius 1 is 1.38 bits per heavy atom. The molecule has 1 N–H and O–H groups in total. The van der Waals surface area contributed by atoms with Crippen molar-refractivity contribution in [1.29, 1.82) is 0 Å². The second-order valence-corrected chi connectivity index (χ2v) is 5.27. The highest BCUT2D eigenvalue weighted by atomic mass is 16.1. The lowest BCUT2D eigenvalue weighted by Gasteiger charge is -2.12. The Morgan fingerprint density at radius 2 is 2.19 bits per heavy atom. The molecule has 2 aromatic heterocycles. The Morgan fingerprint density at radius 3 is 2.86 bits per heavy atom. The van der Waals surface area contributed by atoms with Crippen LogP contribution in [0.3, 0.4) is 0 Å². The highest BCUT2D eigenvalue weighted by Crippen LogP contribution is 2.10. The SMILES string of the molecule is CCCC(C)C(=O)NCc1ccnc(-n2ccnc2C)c1. The zero-order valence-corrected chi connectivity index (χ0v) is 12.8. The van der Waals surface area contributed by atoms with Gasteiger partial charge in [0.25, 0.3) is 0 Å². The Bertz CT molecular complexity index is 606. The van der Waals surface area contributed by atoms with E-state index in [9.17, 15) is 4.79 Å². The fourth-order valence-corrected chi connectivity index (χ4v) is 2.25. The molecule has 112 valence electrons. The first-order chi connectivity index (χ1) is 10.1. The van der Waals surface area contributed by atoms with Crippen molar-refractivity contribution in [3.8, 4) is 5.82 Å². The molecule has 0 saturated heterocycles. The van der Waals surface area contributed by atoms with Gasteiger partial charge in [-0.3, -0.25) is 9.36 Å². The Hall–Kier alpha value is -2.17. The van der Waals surface area contributed by atoms with Gasteiger partial charge in [-0.15, -0.1) is 0 Å². The molecule has 0 saturated carbocycles. The number of pyridine rings is 1. The number of aromatic nitrogens is 3. The second-order valence-electron chi connectivity index (χ2n) is 5.27. The van der Waals surface area contributed by atoms with E-state index in [1.807, 2.05) is 36.7 Å². The quantitative estimate of drug-likeness (QED) is 0.888. The van der Waals surface area contributed by atoms with Crippen molar-refractivity contribution in [1.82, 2.24) is 19.9 Å². The third-order valence-electron chi connectivity index (χ3n) is 3.52. The predicted molar refractivity (Wildman–Crippen MR) is 82.0 cm³/mol. The van der Waals surface area contributed by atoms with Crippen molar-refractivity contribution in [3.05, 3.63) is 42.1 Å². The van der Waals surface area contributed by atoms with E-state index in [1.165, 1.54) is 0 Å². The monoisotopic (exact) mass is 286 g/mol. The van der Waals surface area contributed by atoms with Crippen LogP contribution < -0.4 is 5.32 Å². The molecule has 0 bridgehead atoms. The summed E-state index contributed by atoms with van der Waals surface area (Å²) in [7, 11) is 0. The minimum Gasteiger partial charge on any atom is -0.352 e. The average molecular weight is 286 g/mol. The zero-order chi connectivity index (χ0) is 15.2. The van der Waals surface area contributed by atoms with Crippen LogP contribution in [0, 0.1) is 12.8 Å². The fraction of sp³-hybridized carbons (Fsp3) is 0.438. The lowest BCUT2D eigenvalue weighted by atomic mass is 10.1. The van der Waals surface area contributed by atoms with Gasteiger partial charge in [0.1, 0.15) is 11.6 Å². The Balaban J connectivity index is 2.02. The van der Waals surface area contributed by atoms with Crippen molar-refractivity contribution in [2.24, 2.45) is 5.92 Å². The molecule has 5 nitrogen and oxygen atoms in total. The van der Waals surface area contributed by atoms with E-state index in [0.29, 0.717) is 6.54 Å². The number of hydrogen-bond donors (Lipinski definition) is 1. The first-order valence-electron chi connectivity index (χ1n) is 7.34. The van der Waals surface area contributed by atoms with Crippen molar-refractivity contribution in [2.75, 3.05) is 0 Å². The topological polar surface area (TPSA) is 59.8 Å². The van der Waals surface area contributed by atoms with Crippen molar-refractivity contribution < 1.29 is 4.79 Å².